The van der Waals surface area contributed by atoms with Crippen molar-refractivity contribution in [3.05, 3.63) is 57.3 Å². The van der Waals surface area contributed by atoms with Crippen LogP contribution < -0.4 is 10.7 Å². The second-order valence-corrected chi connectivity index (χ2v) is 4.47. The molecule has 0 aliphatic carbocycles. The molecule has 0 spiro atoms. The van der Waals surface area contributed by atoms with Gasteiger partial charge in [0.25, 0.3) is 5.91 Å². The van der Waals surface area contributed by atoms with Crippen molar-refractivity contribution in [3.8, 4) is 0 Å². The molecule has 8 nitrogen and oxygen atoms in total. The van der Waals surface area contributed by atoms with Crippen LogP contribution in [-0.4, -0.2) is 23.6 Å². The summed E-state index contributed by atoms with van der Waals surface area (Å²) in [6.45, 7) is -0.0284. The number of anilines is 1. The lowest BCUT2D eigenvalue weighted by molar-refractivity contribution is -0.402. The number of nitro groups is 1. The van der Waals surface area contributed by atoms with Crippen molar-refractivity contribution in [2.75, 3.05) is 11.9 Å². The Hall–Kier alpha value is -2.87. The number of hydrogen-bond acceptors (Lipinski definition) is 6. The van der Waals surface area contributed by atoms with Crippen LogP contribution in [0.15, 0.2) is 45.9 Å². The molecule has 1 heterocycles. The van der Waals surface area contributed by atoms with Gasteiger partial charge >= 0.3 is 5.88 Å². The zero-order valence-electron chi connectivity index (χ0n) is 11.2. The van der Waals surface area contributed by atoms with E-state index in [4.69, 9.17) is 16.0 Å². The number of benzene rings is 1. The Labute approximate surface area is 129 Å². The molecule has 1 aromatic carbocycles. The summed E-state index contributed by atoms with van der Waals surface area (Å²) in [7, 11) is 0. The van der Waals surface area contributed by atoms with Crippen molar-refractivity contribution in [1.82, 2.24) is 5.43 Å². The van der Waals surface area contributed by atoms with Crippen molar-refractivity contribution in [3.63, 3.8) is 0 Å². The van der Waals surface area contributed by atoms with E-state index in [0.717, 1.165) is 0 Å². The molecule has 0 saturated carbocycles. The Bertz CT molecular complexity index is 714. The summed E-state index contributed by atoms with van der Waals surface area (Å²) in [5, 5.41) is 17.4. The summed E-state index contributed by atoms with van der Waals surface area (Å²) >= 11 is 5.93. The number of amides is 1. The van der Waals surface area contributed by atoms with Crippen LogP contribution >= 0.6 is 11.6 Å². The van der Waals surface area contributed by atoms with Crippen LogP contribution in [0.5, 0.6) is 0 Å². The molecule has 0 radical (unpaired) electrons. The van der Waals surface area contributed by atoms with Crippen LogP contribution in [0, 0.1) is 10.1 Å². The lowest BCUT2D eigenvalue weighted by Gasteiger charge is -2.06. The second-order valence-electron chi connectivity index (χ2n) is 4.06. The largest absolute Gasteiger partial charge is 0.433 e. The minimum atomic E-state index is -0.663. The molecule has 0 aliphatic heterocycles. The van der Waals surface area contributed by atoms with Gasteiger partial charge in [0, 0.05) is 0 Å². The van der Waals surface area contributed by atoms with Gasteiger partial charge in [-0.2, -0.15) is 5.10 Å². The Morgan fingerprint density at radius 3 is 2.82 bits per heavy atom. The van der Waals surface area contributed by atoms with E-state index in [0.29, 0.717) is 10.7 Å². The maximum atomic E-state index is 11.6. The average molecular weight is 323 g/mol. The summed E-state index contributed by atoms with van der Waals surface area (Å²) in [5.74, 6) is -0.642. The average Bonchev–Trinajstić information content (AvgIpc) is 2.95. The fourth-order valence-corrected chi connectivity index (χ4v) is 1.70. The first-order valence-electron chi connectivity index (χ1n) is 6.11. The highest BCUT2D eigenvalue weighted by Gasteiger charge is 2.10. The summed E-state index contributed by atoms with van der Waals surface area (Å²) in [6.07, 6.45) is 1.17. The molecule has 0 bridgehead atoms. The zero-order chi connectivity index (χ0) is 15.9. The number of nitrogens with zero attached hydrogens (tertiary/aromatic N) is 2. The standard InChI is InChI=1S/C13H11ClN4O4/c14-10-3-1-2-4-11(10)15-8-12(19)17-16-7-9-5-6-13(22-9)18(20)21/h1-7,15H,8H2,(H,17,19)/b16-7+. The van der Waals surface area contributed by atoms with Gasteiger partial charge in [0.05, 0.1) is 29.5 Å². The van der Waals surface area contributed by atoms with E-state index in [2.05, 4.69) is 15.8 Å². The Kier molecular flexibility index (Phi) is 5.10. The maximum absolute atomic E-state index is 11.6. The molecular formula is C13H11ClN4O4. The van der Waals surface area contributed by atoms with Gasteiger partial charge in [0.2, 0.25) is 0 Å². The first kappa shape index (κ1) is 15.5. The highest BCUT2D eigenvalue weighted by atomic mass is 35.5. The molecule has 9 heteroatoms. The SMILES string of the molecule is O=C(CNc1ccccc1Cl)N/N=C/c1ccc([N+](=O)[O-])o1. The molecule has 0 fully saturated rings. The van der Waals surface area contributed by atoms with Crippen LogP contribution in [0.1, 0.15) is 5.76 Å². The third kappa shape index (κ3) is 4.32. The first-order valence-corrected chi connectivity index (χ1v) is 6.48. The Morgan fingerprint density at radius 1 is 1.36 bits per heavy atom. The van der Waals surface area contributed by atoms with E-state index >= 15 is 0 Å². The van der Waals surface area contributed by atoms with Gasteiger partial charge in [-0.1, -0.05) is 23.7 Å². The molecular weight excluding hydrogens is 312 g/mol. The topological polar surface area (TPSA) is 110 Å². The van der Waals surface area contributed by atoms with Crippen LogP contribution in [0.25, 0.3) is 0 Å². The number of hydrogen-bond donors (Lipinski definition) is 2. The van der Waals surface area contributed by atoms with Crippen LogP contribution in [0.4, 0.5) is 11.6 Å². The lowest BCUT2D eigenvalue weighted by atomic mass is 10.3. The molecule has 0 aliphatic rings. The monoisotopic (exact) mass is 322 g/mol. The predicted molar refractivity (Wildman–Crippen MR) is 81.0 cm³/mol. The summed E-state index contributed by atoms with van der Waals surface area (Å²) in [5.41, 5.74) is 2.88. The van der Waals surface area contributed by atoms with Gasteiger partial charge in [-0.15, -0.1) is 0 Å². The third-order valence-corrected chi connectivity index (χ3v) is 2.82. The molecule has 22 heavy (non-hydrogen) atoms. The Balaban J connectivity index is 1.81. The number of nitrogens with one attached hydrogen (secondary N) is 2. The zero-order valence-corrected chi connectivity index (χ0v) is 11.9. The quantitative estimate of drug-likeness (QED) is 0.482. The highest BCUT2D eigenvalue weighted by molar-refractivity contribution is 6.33. The first-order chi connectivity index (χ1) is 10.6. The van der Waals surface area contributed by atoms with E-state index in [-0.39, 0.29) is 12.3 Å². The summed E-state index contributed by atoms with van der Waals surface area (Å²) < 4.78 is 4.84. The number of rotatable bonds is 6. The van der Waals surface area contributed by atoms with Gasteiger partial charge in [-0.05, 0) is 18.2 Å². The number of halogens is 1. The van der Waals surface area contributed by atoms with Crippen molar-refractivity contribution in [1.29, 1.82) is 0 Å². The molecule has 2 aromatic rings. The number of carbonyl (C=O) groups excluding carboxylic acids is 1. The van der Waals surface area contributed by atoms with Crippen molar-refractivity contribution in [2.45, 2.75) is 0 Å². The summed E-state index contributed by atoms with van der Waals surface area (Å²) in [6, 6.07) is 9.57. The van der Waals surface area contributed by atoms with Crippen molar-refractivity contribution >= 4 is 35.3 Å². The maximum Gasteiger partial charge on any atom is 0.433 e. The van der Waals surface area contributed by atoms with E-state index in [9.17, 15) is 14.9 Å². The van der Waals surface area contributed by atoms with Crippen molar-refractivity contribution in [2.24, 2.45) is 5.10 Å². The highest BCUT2D eigenvalue weighted by Crippen LogP contribution is 2.19. The smallest absolute Gasteiger partial charge is 0.400 e. The molecule has 0 saturated heterocycles. The van der Waals surface area contributed by atoms with Crippen molar-refractivity contribution < 1.29 is 14.1 Å². The van der Waals surface area contributed by atoms with E-state index in [1.807, 2.05) is 0 Å². The fourth-order valence-electron chi connectivity index (χ4n) is 1.50. The van der Waals surface area contributed by atoms with E-state index < -0.39 is 16.7 Å². The molecule has 1 aromatic heterocycles. The minimum absolute atomic E-state index is 0.0284. The second kappa shape index (κ2) is 7.23. The molecule has 2 N–H and O–H groups in total. The minimum Gasteiger partial charge on any atom is -0.400 e. The number of furan rings is 1. The Morgan fingerprint density at radius 2 is 2.14 bits per heavy atom. The summed E-state index contributed by atoms with van der Waals surface area (Å²) in [4.78, 5) is 21.3. The predicted octanol–water partition coefficient (Wildman–Crippen LogP) is 2.40. The van der Waals surface area contributed by atoms with Gasteiger partial charge in [0.15, 0.2) is 5.76 Å². The van der Waals surface area contributed by atoms with Gasteiger partial charge in [-0.25, -0.2) is 5.43 Å². The number of hydrazone groups is 1. The lowest BCUT2D eigenvalue weighted by Crippen LogP contribution is -2.25. The molecule has 0 unspecified atom stereocenters. The normalized spacial score (nSPS) is 10.6. The molecule has 0 atom stereocenters. The van der Waals surface area contributed by atoms with E-state index in [1.54, 1.807) is 24.3 Å². The van der Waals surface area contributed by atoms with Crippen LogP contribution in [0.3, 0.4) is 0 Å². The van der Waals surface area contributed by atoms with Gasteiger partial charge < -0.3 is 9.73 Å². The van der Waals surface area contributed by atoms with Crippen LogP contribution in [-0.2, 0) is 4.79 Å². The van der Waals surface area contributed by atoms with Gasteiger partial charge in [0.1, 0.15) is 4.92 Å². The molecule has 1 amide bonds. The van der Waals surface area contributed by atoms with E-state index in [1.165, 1.54) is 18.3 Å². The number of para-hydroxylation sites is 1. The molecule has 2 rings (SSSR count). The molecule has 114 valence electrons. The fraction of sp³-hybridized carbons (Fsp3) is 0.0769. The van der Waals surface area contributed by atoms with Gasteiger partial charge in [-0.3, -0.25) is 14.9 Å². The van der Waals surface area contributed by atoms with Crippen LogP contribution in [0.2, 0.25) is 5.02 Å². The third-order valence-electron chi connectivity index (χ3n) is 2.49. The number of carbonyl (C=O) groups is 1.